The quantitative estimate of drug-likeness (QED) is 0.205. The molecule has 0 spiro atoms. The standard InChI is InChI=1S/C39H28N2OS/c1-39(2)29-11-3-5-13-31(29)40(32-14-6-4-12-30(32)39)25-19-21-37-27(23-25)28-24-26(20-22-38(28)43-37)41-33-15-7-9-17-35(33)42-36-18-10-8-16-34(36)41/h3-24H,1-2H3. The molecule has 0 bridgehead atoms. The molecule has 0 radical (unpaired) electrons. The lowest BCUT2D eigenvalue weighted by atomic mass is 9.73. The van der Waals surface area contributed by atoms with E-state index < -0.39 is 0 Å². The Morgan fingerprint density at radius 2 is 0.907 bits per heavy atom. The summed E-state index contributed by atoms with van der Waals surface area (Å²) in [4.78, 5) is 4.76. The molecule has 0 N–H and O–H groups in total. The van der Waals surface area contributed by atoms with Crippen LogP contribution in [-0.2, 0) is 5.41 Å². The highest BCUT2D eigenvalue weighted by molar-refractivity contribution is 7.25. The van der Waals surface area contributed by atoms with Gasteiger partial charge in [-0.15, -0.1) is 11.3 Å². The number of ether oxygens (including phenoxy) is 1. The zero-order chi connectivity index (χ0) is 28.7. The Labute approximate surface area is 254 Å². The van der Waals surface area contributed by atoms with E-state index in [1.165, 1.54) is 48.4 Å². The van der Waals surface area contributed by atoms with Gasteiger partial charge in [0.05, 0.1) is 22.7 Å². The molecule has 206 valence electrons. The Hall–Kier alpha value is -5.06. The Morgan fingerprint density at radius 3 is 1.42 bits per heavy atom. The van der Waals surface area contributed by atoms with Gasteiger partial charge in [0, 0.05) is 37.0 Å². The van der Waals surface area contributed by atoms with Crippen molar-refractivity contribution in [1.29, 1.82) is 0 Å². The predicted octanol–water partition coefficient (Wildman–Crippen LogP) is 11.7. The van der Waals surface area contributed by atoms with Crippen molar-refractivity contribution in [3.8, 4) is 11.5 Å². The van der Waals surface area contributed by atoms with E-state index in [2.05, 4.69) is 133 Å². The number of benzene rings is 6. The molecule has 6 aromatic carbocycles. The highest BCUT2D eigenvalue weighted by Gasteiger charge is 2.36. The summed E-state index contributed by atoms with van der Waals surface area (Å²) in [6.45, 7) is 4.67. The molecule has 0 amide bonds. The number of para-hydroxylation sites is 6. The molecule has 3 nitrogen and oxygen atoms in total. The highest BCUT2D eigenvalue weighted by atomic mass is 32.1. The maximum absolute atomic E-state index is 6.28. The monoisotopic (exact) mass is 572 g/mol. The molecule has 4 heteroatoms. The Kier molecular flexibility index (Phi) is 5.12. The van der Waals surface area contributed by atoms with Gasteiger partial charge in [-0.2, -0.15) is 0 Å². The first-order chi connectivity index (χ1) is 21.1. The van der Waals surface area contributed by atoms with Crippen LogP contribution in [0.1, 0.15) is 25.0 Å². The van der Waals surface area contributed by atoms with Gasteiger partial charge in [-0.1, -0.05) is 74.5 Å². The van der Waals surface area contributed by atoms with E-state index in [4.69, 9.17) is 4.74 Å². The molecular formula is C39H28N2OS. The maximum Gasteiger partial charge on any atom is 0.151 e. The van der Waals surface area contributed by atoms with Crippen molar-refractivity contribution in [2.75, 3.05) is 9.80 Å². The molecule has 0 fully saturated rings. The SMILES string of the molecule is CC1(C)c2ccccc2N(c2ccc3sc4ccc(N5c6ccccc6Oc6ccccc65)cc4c3c2)c2ccccc21. The number of fused-ring (bicyclic) bond motifs is 7. The first-order valence-electron chi connectivity index (χ1n) is 14.7. The summed E-state index contributed by atoms with van der Waals surface area (Å²) in [5, 5.41) is 2.54. The summed E-state index contributed by atoms with van der Waals surface area (Å²) in [6, 6.07) is 48.0. The van der Waals surface area contributed by atoms with E-state index in [0.717, 1.165) is 28.6 Å². The molecule has 2 aliphatic heterocycles. The van der Waals surface area contributed by atoms with Gasteiger partial charge in [0.25, 0.3) is 0 Å². The van der Waals surface area contributed by atoms with Gasteiger partial charge in [-0.25, -0.2) is 0 Å². The van der Waals surface area contributed by atoms with E-state index in [1.807, 2.05) is 35.6 Å². The first kappa shape index (κ1) is 24.5. The highest BCUT2D eigenvalue weighted by Crippen LogP contribution is 2.53. The van der Waals surface area contributed by atoms with E-state index >= 15 is 0 Å². The first-order valence-corrected chi connectivity index (χ1v) is 15.5. The smallest absolute Gasteiger partial charge is 0.151 e. The number of thiophene rings is 1. The summed E-state index contributed by atoms with van der Waals surface area (Å²) in [5.41, 5.74) is 9.48. The van der Waals surface area contributed by atoms with Gasteiger partial charge in [0.1, 0.15) is 0 Å². The summed E-state index contributed by atoms with van der Waals surface area (Å²) in [5.74, 6) is 1.73. The summed E-state index contributed by atoms with van der Waals surface area (Å²) >= 11 is 1.85. The third-order valence-electron chi connectivity index (χ3n) is 9.02. The van der Waals surface area contributed by atoms with Crippen LogP contribution in [-0.4, -0.2) is 0 Å². The molecular weight excluding hydrogens is 545 g/mol. The minimum atomic E-state index is -0.0808. The summed E-state index contributed by atoms with van der Waals surface area (Å²) in [6.07, 6.45) is 0. The van der Waals surface area contributed by atoms with E-state index in [9.17, 15) is 0 Å². The number of nitrogens with zero attached hydrogens (tertiary/aromatic N) is 2. The Morgan fingerprint density at radius 1 is 0.488 bits per heavy atom. The zero-order valence-corrected chi connectivity index (χ0v) is 24.7. The van der Waals surface area contributed by atoms with Crippen LogP contribution >= 0.6 is 11.3 Å². The molecule has 0 saturated carbocycles. The van der Waals surface area contributed by atoms with Gasteiger partial charge < -0.3 is 14.5 Å². The number of anilines is 6. The van der Waals surface area contributed by atoms with E-state index in [-0.39, 0.29) is 5.41 Å². The second kappa shape index (κ2) is 8.97. The van der Waals surface area contributed by atoms with Crippen LogP contribution in [0, 0.1) is 0 Å². The van der Waals surface area contributed by atoms with Crippen molar-refractivity contribution in [2.24, 2.45) is 0 Å². The lowest BCUT2D eigenvalue weighted by molar-refractivity contribution is 0.477. The van der Waals surface area contributed by atoms with Gasteiger partial charge in [0.2, 0.25) is 0 Å². The van der Waals surface area contributed by atoms with Crippen molar-refractivity contribution in [3.63, 3.8) is 0 Å². The molecule has 0 saturated heterocycles. The van der Waals surface area contributed by atoms with Gasteiger partial charge in [-0.3, -0.25) is 0 Å². The van der Waals surface area contributed by atoms with Crippen LogP contribution in [0.4, 0.5) is 34.1 Å². The van der Waals surface area contributed by atoms with Crippen molar-refractivity contribution in [1.82, 2.24) is 0 Å². The van der Waals surface area contributed by atoms with Crippen LogP contribution in [0.2, 0.25) is 0 Å². The minimum Gasteiger partial charge on any atom is -0.453 e. The van der Waals surface area contributed by atoms with E-state index in [1.54, 1.807) is 0 Å². The summed E-state index contributed by atoms with van der Waals surface area (Å²) < 4.78 is 8.85. The van der Waals surface area contributed by atoms with E-state index in [0.29, 0.717) is 0 Å². The number of hydrogen-bond acceptors (Lipinski definition) is 4. The second-order valence-corrected chi connectivity index (χ2v) is 12.9. The molecule has 43 heavy (non-hydrogen) atoms. The van der Waals surface area contributed by atoms with Crippen LogP contribution in [0.25, 0.3) is 20.2 Å². The Balaban J connectivity index is 1.24. The van der Waals surface area contributed by atoms with Crippen molar-refractivity contribution in [2.45, 2.75) is 19.3 Å². The fraction of sp³-hybridized carbons (Fsp3) is 0.0769. The fourth-order valence-corrected chi connectivity index (χ4v) is 8.03. The van der Waals surface area contributed by atoms with Crippen molar-refractivity contribution >= 4 is 65.6 Å². The maximum atomic E-state index is 6.28. The molecule has 1 aromatic heterocycles. The molecule has 0 aliphatic carbocycles. The van der Waals surface area contributed by atoms with Gasteiger partial charge in [-0.05, 0) is 83.9 Å². The number of rotatable bonds is 2. The lowest BCUT2D eigenvalue weighted by Crippen LogP contribution is -2.30. The third-order valence-corrected chi connectivity index (χ3v) is 10.2. The Bertz CT molecular complexity index is 2130. The van der Waals surface area contributed by atoms with Crippen molar-refractivity contribution < 1.29 is 4.74 Å². The topological polar surface area (TPSA) is 15.7 Å². The van der Waals surface area contributed by atoms with Crippen molar-refractivity contribution in [3.05, 3.63) is 145 Å². The zero-order valence-electron chi connectivity index (χ0n) is 23.9. The average molecular weight is 573 g/mol. The van der Waals surface area contributed by atoms with Crippen LogP contribution in [0.15, 0.2) is 133 Å². The molecule has 9 rings (SSSR count). The molecule has 3 heterocycles. The second-order valence-electron chi connectivity index (χ2n) is 11.8. The number of hydrogen-bond donors (Lipinski definition) is 0. The van der Waals surface area contributed by atoms with Gasteiger partial charge in [0.15, 0.2) is 11.5 Å². The normalized spacial score (nSPS) is 14.6. The molecule has 2 aliphatic rings. The third kappa shape index (κ3) is 3.54. The predicted molar refractivity (Wildman–Crippen MR) is 181 cm³/mol. The summed E-state index contributed by atoms with van der Waals surface area (Å²) in [7, 11) is 0. The lowest BCUT2D eigenvalue weighted by Gasteiger charge is -2.42. The molecule has 7 aromatic rings. The fourth-order valence-electron chi connectivity index (χ4n) is 6.96. The van der Waals surface area contributed by atoms with Crippen LogP contribution in [0.5, 0.6) is 11.5 Å². The molecule has 0 unspecified atom stereocenters. The minimum absolute atomic E-state index is 0.0808. The van der Waals surface area contributed by atoms with Gasteiger partial charge >= 0.3 is 0 Å². The van der Waals surface area contributed by atoms with Crippen LogP contribution in [0.3, 0.4) is 0 Å². The van der Waals surface area contributed by atoms with Crippen LogP contribution < -0.4 is 14.5 Å². The largest absolute Gasteiger partial charge is 0.453 e. The molecule has 0 atom stereocenters. The average Bonchev–Trinajstić information content (AvgIpc) is 3.41.